The van der Waals surface area contributed by atoms with Crippen LogP contribution in [0.5, 0.6) is 0 Å². The summed E-state index contributed by atoms with van der Waals surface area (Å²) in [6.45, 7) is 1.57. The van der Waals surface area contributed by atoms with Gasteiger partial charge in [-0.3, -0.25) is 0 Å². The average molecular weight is 309 g/mol. The third kappa shape index (κ3) is 3.77. The lowest BCUT2D eigenvalue weighted by Gasteiger charge is -2.13. The maximum atomic E-state index is 12.7. The third-order valence-corrected chi connectivity index (χ3v) is 2.67. The molecule has 0 bridgehead atoms. The molecule has 0 fully saturated rings. The summed E-state index contributed by atoms with van der Waals surface area (Å²) in [6, 6.07) is 1.41. The first kappa shape index (κ1) is 15.4. The Hall–Kier alpha value is -1.99. The van der Waals surface area contributed by atoms with Crippen molar-refractivity contribution in [3.05, 3.63) is 52.7 Å². The number of nitrogens with zero attached hydrogens (tertiary/aromatic N) is 1. The number of oxazole rings is 1. The van der Waals surface area contributed by atoms with Crippen molar-refractivity contribution in [2.45, 2.75) is 25.7 Å². The summed E-state index contributed by atoms with van der Waals surface area (Å²) < 4.78 is 81.1. The summed E-state index contributed by atoms with van der Waals surface area (Å²) in [5, 5.41) is 0. The van der Waals surface area contributed by atoms with Crippen LogP contribution in [-0.2, 0) is 18.8 Å². The van der Waals surface area contributed by atoms with Gasteiger partial charge in [0.15, 0.2) is 5.89 Å². The van der Waals surface area contributed by atoms with Crippen LogP contribution >= 0.6 is 0 Å². The number of hydrogen-bond donors (Lipinski definition) is 0. The normalized spacial score (nSPS) is 12.7. The van der Waals surface area contributed by atoms with Gasteiger partial charge in [0.05, 0.1) is 17.3 Å². The highest BCUT2D eigenvalue weighted by Gasteiger charge is 2.36. The quantitative estimate of drug-likeness (QED) is 0.757. The van der Waals surface area contributed by atoms with Gasteiger partial charge in [-0.15, -0.1) is 0 Å². The fourth-order valence-electron chi connectivity index (χ4n) is 1.78. The van der Waals surface area contributed by atoms with E-state index in [4.69, 9.17) is 4.42 Å². The molecule has 0 spiro atoms. The first-order chi connectivity index (χ1) is 9.55. The van der Waals surface area contributed by atoms with Gasteiger partial charge < -0.3 is 4.42 Å². The van der Waals surface area contributed by atoms with Crippen molar-refractivity contribution in [3.8, 4) is 0 Å². The van der Waals surface area contributed by atoms with Crippen LogP contribution in [0.2, 0.25) is 0 Å². The van der Waals surface area contributed by atoms with Crippen molar-refractivity contribution < 1.29 is 30.8 Å². The van der Waals surface area contributed by atoms with E-state index in [9.17, 15) is 26.3 Å². The monoisotopic (exact) mass is 309 g/mol. The standard InChI is InChI=1S/C13H9F6NO/c1-7-6-20-11(21-7)4-8-2-9(12(14,15)16)5-10(3-8)13(17,18)19/h2-3,5-6H,4H2,1H3. The molecule has 0 aliphatic heterocycles. The second-order valence-electron chi connectivity index (χ2n) is 4.46. The molecule has 2 nitrogen and oxygen atoms in total. The Labute approximate surface area is 115 Å². The lowest BCUT2D eigenvalue weighted by Crippen LogP contribution is -2.12. The van der Waals surface area contributed by atoms with Crippen LogP contribution < -0.4 is 0 Å². The first-order valence-corrected chi connectivity index (χ1v) is 5.75. The number of halogens is 6. The van der Waals surface area contributed by atoms with Gasteiger partial charge in [0, 0.05) is 6.42 Å². The zero-order valence-corrected chi connectivity index (χ0v) is 10.6. The number of hydrogen-bond acceptors (Lipinski definition) is 2. The molecule has 0 saturated carbocycles. The van der Waals surface area contributed by atoms with E-state index in [1.165, 1.54) is 6.20 Å². The Morgan fingerprint density at radius 3 is 1.86 bits per heavy atom. The molecule has 0 N–H and O–H groups in total. The van der Waals surface area contributed by atoms with Gasteiger partial charge in [-0.1, -0.05) is 0 Å². The summed E-state index contributed by atoms with van der Waals surface area (Å²) in [6.07, 6.45) is -8.63. The maximum absolute atomic E-state index is 12.7. The fourth-order valence-corrected chi connectivity index (χ4v) is 1.78. The van der Waals surface area contributed by atoms with E-state index in [1.54, 1.807) is 6.92 Å². The van der Waals surface area contributed by atoms with Gasteiger partial charge in [-0.05, 0) is 30.7 Å². The molecule has 114 valence electrons. The van der Waals surface area contributed by atoms with Crippen LogP contribution in [-0.4, -0.2) is 4.98 Å². The lowest BCUT2D eigenvalue weighted by atomic mass is 10.0. The Kier molecular flexibility index (Phi) is 3.73. The van der Waals surface area contributed by atoms with E-state index in [1.807, 2.05) is 0 Å². The number of rotatable bonds is 2. The minimum absolute atomic E-state index is 0.0555. The van der Waals surface area contributed by atoms with E-state index in [-0.39, 0.29) is 23.9 Å². The number of alkyl halides is 6. The molecule has 0 aliphatic rings. The summed E-state index contributed by atoms with van der Waals surface area (Å²) >= 11 is 0. The van der Waals surface area contributed by atoms with Crippen LogP contribution in [0.3, 0.4) is 0 Å². The van der Waals surface area contributed by atoms with Crippen LogP contribution in [0, 0.1) is 6.92 Å². The van der Waals surface area contributed by atoms with Gasteiger partial charge in [-0.2, -0.15) is 26.3 Å². The van der Waals surface area contributed by atoms with Crippen LogP contribution in [0.1, 0.15) is 28.3 Å². The smallest absolute Gasteiger partial charge is 0.416 e. The zero-order chi connectivity index (χ0) is 15.8. The lowest BCUT2D eigenvalue weighted by molar-refractivity contribution is -0.143. The van der Waals surface area contributed by atoms with Gasteiger partial charge in [0.2, 0.25) is 0 Å². The maximum Gasteiger partial charge on any atom is 0.416 e. The van der Waals surface area contributed by atoms with E-state index in [2.05, 4.69) is 4.98 Å². The summed E-state index contributed by atoms with van der Waals surface area (Å²) in [7, 11) is 0. The number of aromatic nitrogens is 1. The topological polar surface area (TPSA) is 26.0 Å². The molecule has 8 heteroatoms. The zero-order valence-electron chi connectivity index (χ0n) is 10.6. The molecule has 2 aromatic rings. The molecule has 2 rings (SSSR count). The number of benzene rings is 1. The molecule has 0 atom stereocenters. The molecule has 0 unspecified atom stereocenters. The van der Waals surface area contributed by atoms with Crippen molar-refractivity contribution in [1.82, 2.24) is 4.98 Å². The van der Waals surface area contributed by atoms with Crippen LogP contribution in [0.15, 0.2) is 28.8 Å². The van der Waals surface area contributed by atoms with Crippen molar-refractivity contribution >= 4 is 0 Å². The van der Waals surface area contributed by atoms with Gasteiger partial charge >= 0.3 is 12.4 Å². The fraction of sp³-hybridized carbons (Fsp3) is 0.308. The minimum Gasteiger partial charge on any atom is -0.446 e. The van der Waals surface area contributed by atoms with Crippen LogP contribution in [0.4, 0.5) is 26.3 Å². The molecule has 0 radical (unpaired) electrons. The predicted octanol–water partition coefficient (Wildman–Crippen LogP) is 4.61. The van der Waals surface area contributed by atoms with E-state index in [0.29, 0.717) is 17.9 Å². The molecule has 0 saturated heterocycles. The largest absolute Gasteiger partial charge is 0.446 e. The Morgan fingerprint density at radius 1 is 0.952 bits per heavy atom. The Bertz CT molecular complexity index is 609. The second-order valence-corrected chi connectivity index (χ2v) is 4.46. The first-order valence-electron chi connectivity index (χ1n) is 5.75. The Morgan fingerprint density at radius 2 is 1.48 bits per heavy atom. The van der Waals surface area contributed by atoms with Crippen LogP contribution in [0.25, 0.3) is 0 Å². The van der Waals surface area contributed by atoms with Gasteiger partial charge in [0.1, 0.15) is 5.76 Å². The second kappa shape index (κ2) is 5.09. The van der Waals surface area contributed by atoms with Crippen molar-refractivity contribution in [2.75, 3.05) is 0 Å². The average Bonchev–Trinajstić information content (AvgIpc) is 2.72. The highest BCUT2D eigenvalue weighted by atomic mass is 19.4. The van der Waals surface area contributed by atoms with Crippen molar-refractivity contribution in [1.29, 1.82) is 0 Å². The molecule has 1 aromatic carbocycles. The van der Waals surface area contributed by atoms with Crippen molar-refractivity contribution in [2.24, 2.45) is 0 Å². The molecular weight excluding hydrogens is 300 g/mol. The molecule has 1 heterocycles. The molecular formula is C13H9F6NO. The summed E-state index contributed by atoms with van der Waals surface area (Å²) in [5.74, 6) is 0.480. The van der Waals surface area contributed by atoms with E-state index >= 15 is 0 Å². The summed E-state index contributed by atoms with van der Waals surface area (Å²) in [4.78, 5) is 3.77. The van der Waals surface area contributed by atoms with Gasteiger partial charge in [0.25, 0.3) is 0 Å². The summed E-state index contributed by atoms with van der Waals surface area (Å²) in [5.41, 5.74) is -2.87. The SMILES string of the molecule is Cc1cnc(Cc2cc(C(F)(F)F)cc(C(F)(F)F)c2)o1. The van der Waals surface area contributed by atoms with Gasteiger partial charge in [-0.25, -0.2) is 4.98 Å². The highest BCUT2D eigenvalue weighted by Crippen LogP contribution is 2.36. The molecule has 0 aliphatic carbocycles. The number of aryl methyl sites for hydroxylation is 1. The van der Waals surface area contributed by atoms with Crippen molar-refractivity contribution in [3.63, 3.8) is 0 Å². The van der Waals surface area contributed by atoms with E-state index < -0.39 is 23.5 Å². The predicted molar refractivity (Wildman–Crippen MR) is 60.5 cm³/mol. The third-order valence-electron chi connectivity index (χ3n) is 2.67. The van der Waals surface area contributed by atoms with E-state index in [0.717, 1.165) is 0 Å². The Balaban J connectivity index is 2.45. The molecule has 0 amide bonds. The molecule has 1 aromatic heterocycles. The molecule has 21 heavy (non-hydrogen) atoms. The highest BCUT2D eigenvalue weighted by molar-refractivity contribution is 5.34. The minimum atomic E-state index is -4.86.